The summed E-state index contributed by atoms with van der Waals surface area (Å²) < 4.78 is 20.4. The van der Waals surface area contributed by atoms with Gasteiger partial charge in [0.2, 0.25) is 0 Å². The summed E-state index contributed by atoms with van der Waals surface area (Å²) >= 11 is 11.7. The van der Waals surface area contributed by atoms with Crippen molar-refractivity contribution in [3.63, 3.8) is 0 Å². The minimum atomic E-state index is -0.683. The molecule has 1 aromatic heterocycles. The molecule has 0 atom stereocenters. The molecule has 2 heterocycles. The monoisotopic (exact) mass is 436 g/mol. The van der Waals surface area contributed by atoms with Crippen LogP contribution in [0, 0.1) is 5.82 Å². The van der Waals surface area contributed by atoms with Gasteiger partial charge in [-0.05, 0) is 38.1 Å². The topological polar surface area (TPSA) is 70.5 Å². The molecule has 1 aliphatic heterocycles. The second kappa shape index (κ2) is 8.18. The Morgan fingerprint density at radius 1 is 1.21 bits per heavy atom. The highest BCUT2D eigenvalue weighted by Crippen LogP contribution is 2.37. The Kier molecular flexibility index (Phi) is 5.63. The van der Waals surface area contributed by atoms with Crippen LogP contribution in [0.4, 0.5) is 15.9 Å². The summed E-state index contributed by atoms with van der Waals surface area (Å²) in [7, 11) is 2.08. The molecule has 152 valence electrons. The zero-order chi connectivity index (χ0) is 20.5. The number of aromatic nitrogens is 2. The predicted octanol–water partition coefficient (Wildman–Crippen LogP) is 5.00. The number of likely N-dealkylation sites (tertiary alicyclic amines) is 1. The van der Waals surface area contributed by atoms with Gasteiger partial charge in [-0.1, -0.05) is 23.2 Å². The molecule has 0 aliphatic carbocycles. The maximum atomic E-state index is 14.4. The number of phenols is 1. The SMILES string of the molecule is CN1CCC(Oc2cc3ncnc(Nc4ccc(Cl)c(Cl)c4F)c3cc2O)CC1. The first-order chi connectivity index (χ1) is 13.9. The highest BCUT2D eigenvalue weighted by atomic mass is 35.5. The van der Waals surface area contributed by atoms with Gasteiger partial charge in [-0.25, -0.2) is 14.4 Å². The molecule has 29 heavy (non-hydrogen) atoms. The van der Waals surface area contributed by atoms with Crippen LogP contribution in [-0.4, -0.2) is 46.2 Å². The number of piperidine rings is 1. The van der Waals surface area contributed by atoms with E-state index >= 15 is 0 Å². The van der Waals surface area contributed by atoms with Crippen LogP contribution >= 0.6 is 23.2 Å². The maximum Gasteiger partial charge on any atom is 0.166 e. The lowest BCUT2D eigenvalue weighted by Gasteiger charge is -2.29. The molecule has 0 amide bonds. The molecular weight excluding hydrogens is 418 g/mol. The summed E-state index contributed by atoms with van der Waals surface area (Å²) in [6.45, 7) is 1.90. The second-order valence-corrected chi connectivity index (χ2v) is 7.81. The van der Waals surface area contributed by atoms with Crippen molar-refractivity contribution in [2.24, 2.45) is 0 Å². The van der Waals surface area contributed by atoms with E-state index in [0.717, 1.165) is 25.9 Å². The summed E-state index contributed by atoms with van der Waals surface area (Å²) in [5.41, 5.74) is 0.675. The van der Waals surface area contributed by atoms with Crippen LogP contribution in [-0.2, 0) is 0 Å². The molecule has 0 saturated carbocycles. The Morgan fingerprint density at radius 2 is 1.97 bits per heavy atom. The van der Waals surface area contributed by atoms with E-state index in [1.54, 1.807) is 6.07 Å². The number of benzene rings is 2. The standard InChI is InChI=1S/C20H19Cl2FN4O2/c1-27-6-4-11(5-7-27)29-17-9-15-12(8-16(17)28)20(25-10-24-15)26-14-3-2-13(21)18(22)19(14)23/h2-3,8-11,28H,4-7H2,1H3,(H,24,25,26). The first kappa shape index (κ1) is 19.9. The summed E-state index contributed by atoms with van der Waals surface area (Å²) in [5, 5.41) is 13.8. The fourth-order valence-corrected chi connectivity index (χ4v) is 3.61. The van der Waals surface area contributed by atoms with Crippen molar-refractivity contribution in [1.82, 2.24) is 14.9 Å². The number of fused-ring (bicyclic) bond motifs is 1. The number of hydrogen-bond donors (Lipinski definition) is 2. The molecule has 1 fully saturated rings. The van der Waals surface area contributed by atoms with Gasteiger partial charge in [-0.3, -0.25) is 0 Å². The quantitative estimate of drug-likeness (QED) is 0.560. The van der Waals surface area contributed by atoms with Gasteiger partial charge in [0.15, 0.2) is 17.3 Å². The van der Waals surface area contributed by atoms with Gasteiger partial charge >= 0.3 is 0 Å². The lowest BCUT2D eigenvalue weighted by molar-refractivity contribution is 0.111. The van der Waals surface area contributed by atoms with Crippen LogP contribution in [0.3, 0.4) is 0 Å². The zero-order valence-corrected chi connectivity index (χ0v) is 17.1. The number of halogens is 3. The summed E-state index contributed by atoms with van der Waals surface area (Å²) in [6.07, 6.45) is 3.18. The van der Waals surface area contributed by atoms with Crippen molar-refractivity contribution in [1.29, 1.82) is 0 Å². The highest BCUT2D eigenvalue weighted by Gasteiger charge is 2.20. The summed E-state index contributed by atoms with van der Waals surface area (Å²) in [4.78, 5) is 10.7. The Labute approximate surface area is 177 Å². The molecule has 0 bridgehead atoms. The molecule has 2 N–H and O–H groups in total. The molecule has 0 spiro atoms. The maximum absolute atomic E-state index is 14.4. The van der Waals surface area contributed by atoms with Gasteiger partial charge in [0.25, 0.3) is 0 Å². The van der Waals surface area contributed by atoms with Gasteiger partial charge in [-0.15, -0.1) is 0 Å². The molecule has 1 aliphatic rings. The normalized spacial score (nSPS) is 15.6. The van der Waals surface area contributed by atoms with E-state index in [9.17, 15) is 9.50 Å². The zero-order valence-electron chi connectivity index (χ0n) is 15.6. The lowest BCUT2D eigenvalue weighted by Crippen LogP contribution is -2.35. The largest absolute Gasteiger partial charge is 0.504 e. The van der Waals surface area contributed by atoms with E-state index in [2.05, 4.69) is 27.2 Å². The molecule has 3 aromatic rings. The van der Waals surface area contributed by atoms with Gasteiger partial charge in [0.1, 0.15) is 18.2 Å². The second-order valence-electron chi connectivity index (χ2n) is 7.03. The number of aromatic hydroxyl groups is 1. The van der Waals surface area contributed by atoms with Crippen molar-refractivity contribution in [2.75, 3.05) is 25.5 Å². The molecule has 1 saturated heterocycles. The third kappa shape index (κ3) is 4.17. The van der Waals surface area contributed by atoms with Gasteiger partial charge < -0.3 is 20.1 Å². The Morgan fingerprint density at radius 3 is 2.72 bits per heavy atom. The van der Waals surface area contributed by atoms with Crippen molar-refractivity contribution < 1.29 is 14.2 Å². The number of hydrogen-bond acceptors (Lipinski definition) is 6. The minimum absolute atomic E-state index is 0.0242. The molecule has 0 unspecified atom stereocenters. The lowest BCUT2D eigenvalue weighted by atomic mass is 10.1. The molecule has 6 nitrogen and oxygen atoms in total. The smallest absolute Gasteiger partial charge is 0.166 e. The van der Waals surface area contributed by atoms with Crippen LogP contribution < -0.4 is 10.1 Å². The predicted molar refractivity (Wildman–Crippen MR) is 112 cm³/mol. The van der Waals surface area contributed by atoms with Crippen molar-refractivity contribution in [3.8, 4) is 11.5 Å². The average Bonchev–Trinajstić information content (AvgIpc) is 2.71. The fourth-order valence-electron chi connectivity index (χ4n) is 3.30. The third-order valence-electron chi connectivity index (χ3n) is 4.96. The molecule has 9 heteroatoms. The Balaban J connectivity index is 1.64. The summed E-state index contributed by atoms with van der Waals surface area (Å²) in [5.74, 6) is -0.00730. The van der Waals surface area contributed by atoms with Crippen LogP contribution in [0.25, 0.3) is 10.9 Å². The number of anilines is 2. The van der Waals surface area contributed by atoms with Gasteiger partial charge in [0.05, 0.1) is 21.2 Å². The molecule has 4 rings (SSSR count). The van der Waals surface area contributed by atoms with E-state index in [1.807, 2.05) is 0 Å². The number of rotatable bonds is 4. The summed E-state index contributed by atoms with van der Waals surface area (Å²) in [6, 6.07) is 6.14. The Bertz CT molecular complexity index is 1060. The molecule has 0 radical (unpaired) electrons. The highest BCUT2D eigenvalue weighted by molar-refractivity contribution is 6.42. The molecular formula is C20H19Cl2FN4O2. The number of ether oxygens (including phenoxy) is 1. The number of nitrogens with zero attached hydrogens (tertiary/aromatic N) is 3. The average molecular weight is 437 g/mol. The minimum Gasteiger partial charge on any atom is -0.504 e. The van der Waals surface area contributed by atoms with Crippen LogP contribution in [0.5, 0.6) is 11.5 Å². The third-order valence-corrected chi connectivity index (χ3v) is 5.74. The van der Waals surface area contributed by atoms with E-state index in [4.69, 9.17) is 27.9 Å². The van der Waals surface area contributed by atoms with Crippen LogP contribution in [0.2, 0.25) is 10.0 Å². The number of nitrogens with one attached hydrogen (secondary N) is 1. The van der Waals surface area contributed by atoms with Crippen LogP contribution in [0.1, 0.15) is 12.8 Å². The first-order valence-corrected chi connectivity index (χ1v) is 9.91. The van der Waals surface area contributed by atoms with Crippen molar-refractivity contribution >= 4 is 45.6 Å². The van der Waals surface area contributed by atoms with E-state index in [0.29, 0.717) is 22.5 Å². The van der Waals surface area contributed by atoms with Crippen molar-refractivity contribution in [3.05, 3.63) is 46.5 Å². The van der Waals surface area contributed by atoms with E-state index < -0.39 is 5.82 Å². The van der Waals surface area contributed by atoms with E-state index in [-0.39, 0.29) is 27.6 Å². The number of phenolic OH excluding ortho intramolecular Hbond substituents is 1. The fraction of sp³-hybridized carbons (Fsp3) is 0.300. The van der Waals surface area contributed by atoms with Gasteiger partial charge in [-0.2, -0.15) is 0 Å². The Hall–Kier alpha value is -2.35. The van der Waals surface area contributed by atoms with E-state index in [1.165, 1.54) is 24.5 Å². The van der Waals surface area contributed by atoms with Crippen LogP contribution in [0.15, 0.2) is 30.6 Å². The van der Waals surface area contributed by atoms with Crippen molar-refractivity contribution in [2.45, 2.75) is 18.9 Å². The van der Waals surface area contributed by atoms with Gasteiger partial charge in [0, 0.05) is 24.5 Å². The molecule has 2 aromatic carbocycles. The first-order valence-electron chi connectivity index (χ1n) is 9.16.